The van der Waals surface area contributed by atoms with Gasteiger partial charge in [0, 0.05) is 28.7 Å². The number of hydrogen-bond donors (Lipinski definition) is 2. The lowest BCUT2D eigenvalue weighted by molar-refractivity contribution is 0.0530. The van der Waals surface area contributed by atoms with Crippen LogP contribution in [0.15, 0.2) is 35.2 Å². The molecule has 2 aromatic carbocycles. The van der Waals surface area contributed by atoms with Gasteiger partial charge in [0.1, 0.15) is 6.10 Å². The largest absolute Gasteiger partial charge is 0.481 e. The van der Waals surface area contributed by atoms with Crippen LogP contribution in [-0.2, 0) is 25.9 Å². The maximum absolute atomic E-state index is 15.2. The SMILES string of the molecule is NCCOCCOCCNS(=O)(=O)c1ccc(O[C@H]2c3cc(Cl)cc(Cl)c3C[C@@H]2N2CCCCC2)c(F)c1. The van der Waals surface area contributed by atoms with Gasteiger partial charge in [-0.2, -0.15) is 0 Å². The topological polar surface area (TPSA) is 103 Å². The van der Waals surface area contributed by atoms with Gasteiger partial charge in [0.15, 0.2) is 11.6 Å². The van der Waals surface area contributed by atoms with Crippen molar-refractivity contribution in [3.63, 3.8) is 0 Å². The summed E-state index contributed by atoms with van der Waals surface area (Å²) < 4.78 is 59.7. The minimum absolute atomic E-state index is 0.0218. The third-order valence-corrected chi connectivity index (χ3v) is 8.78. The Morgan fingerprint density at radius 2 is 1.76 bits per heavy atom. The molecule has 0 saturated carbocycles. The standard InChI is InChI=1S/C26H34Cl2FN3O5S/c27-18-14-21-20(22(28)15-18)17-24(32-8-2-1-3-9-32)26(21)37-25-5-4-19(16-23(25)29)38(33,34)31-7-11-36-13-12-35-10-6-30/h4-5,14-16,24,26,31H,1-3,6-13,17,30H2/t24-,26-/m0/s1. The van der Waals surface area contributed by atoms with Gasteiger partial charge >= 0.3 is 0 Å². The van der Waals surface area contributed by atoms with Gasteiger partial charge in [-0.3, -0.25) is 4.90 Å². The number of nitrogens with one attached hydrogen (secondary N) is 1. The predicted octanol–water partition coefficient (Wildman–Crippen LogP) is 3.93. The molecule has 4 rings (SSSR count). The van der Waals surface area contributed by atoms with Gasteiger partial charge in [-0.25, -0.2) is 17.5 Å². The first kappa shape index (κ1) is 29.5. The number of piperidine rings is 1. The molecule has 0 unspecified atom stereocenters. The molecule has 12 heteroatoms. The van der Waals surface area contributed by atoms with E-state index >= 15 is 4.39 Å². The van der Waals surface area contributed by atoms with Crippen LogP contribution < -0.4 is 15.2 Å². The van der Waals surface area contributed by atoms with Crippen LogP contribution in [0.25, 0.3) is 0 Å². The van der Waals surface area contributed by atoms with Crippen molar-refractivity contribution in [1.29, 1.82) is 0 Å². The molecule has 0 spiro atoms. The summed E-state index contributed by atoms with van der Waals surface area (Å²) in [5.74, 6) is -0.791. The van der Waals surface area contributed by atoms with E-state index in [4.69, 9.17) is 43.1 Å². The summed E-state index contributed by atoms with van der Waals surface area (Å²) in [5, 5.41) is 1.06. The molecule has 3 N–H and O–H groups in total. The summed E-state index contributed by atoms with van der Waals surface area (Å²) in [5.41, 5.74) is 7.12. The summed E-state index contributed by atoms with van der Waals surface area (Å²) in [6.07, 6.45) is 3.56. The van der Waals surface area contributed by atoms with E-state index in [0.29, 0.717) is 42.8 Å². The molecule has 1 aliphatic carbocycles. The lowest BCUT2D eigenvalue weighted by atomic mass is 10.0. The highest BCUT2D eigenvalue weighted by Gasteiger charge is 2.40. The number of rotatable bonds is 13. The van der Waals surface area contributed by atoms with Crippen molar-refractivity contribution in [3.05, 3.63) is 57.3 Å². The molecule has 1 aliphatic heterocycles. The lowest BCUT2D eigenvalue weighted by Gasteiger charge is -2.35. The van der Waals surface area contributed by atoms with Crippen LogP contribution in [0.2, 0.25) is 10.0 Å². The minimum Gasteiger partial charge on any atom is -0.481 e. The summed E-state index contributed by atoms with van der Waals surface area (Å²) in [6.45, 7) is 3.61. The second-order valence-corrected chi connectivity index (χ2v) is 12.0. The van der Waals surface area contributed by atoms with Crippen LogP contribution in [0.5, 0.6) is 5.75 Å². The highest BCUT2D eigenvalue weighted by molar-refractivity contribution is 7.89. The molecule has 2 aromatic rings. The molecule has 0 amide bonds. The third-order valence-electron chi connectivity index (χ3n) is 6.76. The highest BCUT2D eigenvalue weighted by Crippen LogP contribution is 2.43. The molecule has 1 saturated heterocycles. The van der Waals surface area contributed by atoms with Gasteiger partial charge in [-0.1, -0.05) is 29.6 Å². The second-order valence-electron chi connectivity index (χ2n) is 9.37. The van der Waals surface area contributed by atoms with Gasteiger partial charge in [0.2, 0.25) is 10.0 Å². The Labute approximate surface area is 233 Å². The summed E-state index contributed by atoms with van der Waals surface area (Å²) >= 11 is 12.8. The average Bonchev–Trinajstić information content (AvgIpc) is 3.25. The van der Waals surface area contributed by atoms with Crippen molar-refractivity contribution >= 4 is 33.2 Å². The normalized spacial score (nSPS) is 20.0. The van der Waals surface area contributed by atoms with Crippen molar-refractivity contribution < 1.29 is 27.0 Å². The fraction of sp³-hybridized carbons (Fsp3) is 0.538. The van der Waals surface area contributed by atoms with Crippen molar-refractivity contribution in [3.8, 4) is 5.75 Å². The van der Waals surface area contributed by atoms with Crippen molar-refractivity contribution in [2.24, 2.45) is 5.73 Å². The molecule has 1 heterocycles. The number of nitrogens with zero attached hydrogens (tertiary/aromatic N) is 1. The summed E-state index contributed by atoms with van der Waals surface area (Å²) in [7, 11) is -3.93. The van der Waals surface area contributed by atoms with Crippen LogP contribution in [-0.4, -0.2) is 72.0 Å². The zero-order valence-electron chi connectivity index (χ0n) is 21.1. The second kappa shape index (κ2) is 13.7. The van der Waals surface area contributed by atoms with E-state index in [9.17, 15) is 8.42 Å². The zero-order chi connectivity index (χ0) is 27.1. The zero-order valence-corrected chi connectivity index (χ0v) is 23.5. The highest BCUT2D eigenvalue weighted by atomic mass is 35.5. The Balaban J connectivity index is 1.43. The number of hydrogen-bond acceptors (Lipinski definition) is 7. The van der Waals surface area contributed by atoms with E-state index < -0.39 is 21.9 Å². The maximum Gasteiger partial charge on any atom is 0.240 e. The van der Waals surface area contributed by atoms with Crippen LogP contribution in [0.4, 0.5) is 4.39 Å². The van der Waals surface area contributed by atoms with E-state index in [-0.39, 0.29) is 29.8 Å². The molecule has 1 fully saturated rings. The first-order valence-corrected chi connectivity index (χ1v) is 15.1. The van der Waals surface area contributed by atoms with Crippen molar-refractivity contribution in [1.82, 2.24) is 9.62 Å². The van der Waals surface area contributed by atoms with Crippen LogP contribution in [0, 0.1) is 5.82 Å². The summed E-state index contributed by atoms with van der Waals surface area (Å²) in [6, 6.07) is 7.17. The van der Waals surface area contributed by atoms with E-state index in [2.05, 4.69) is 9.62 Å². The molecule has 0 aromatic heterocycles. The van der Waals surface area contributed by atoms with Crippen molar-refractivity contribution in [2.45, 2.75) is 42.7 Å². The lowest BCUT2D eigenvalue weighted by Crippen LogP contribution is -2.43. The number of nitrogens with two attached hydrogens (primary N) is 1. The van der Waals surface area contributed by atoms with E-state index in [0.717, 1.165) is 43.1 Å². The van der Waals surface area contributed by atoms with Crippen LogP contribution in [0.3, 0.4) is 0 Å². The number of likely N-dealkylation sites (tertiary alicyclic amines) is 1. The smallest absolute Gasteiger partial charge is 0.240 e. The molecule has 8 nitrogen and oxygen atoms in total. The molecule has 38 heavy (non-hydrogen) atoms. The van der Waals surface area contributed by atoms with Gasteiger partial charge in [0.05, 0.1) is 37.4 Å². The minimum atomic E-state index is -3.93. The molecular formula is C26H34Cl2FN3O5S. The first-order chi connectivity index (χ1) is 18.3. The van der Waals surface area contributed by atoms with Crippen LogP contribution >= 0.6 is 23.2 Å². The third kappa shape index (κ3) is 7.37. The summed E-state index contributed by atoms with van der Waals surface area (Å²) in [4.78, 5) is 2.17. The number of fused-ring (bicyclic) bond motifs is 1. The van der Waals surface area contributed by atoms with E-state index in [1.165, 1.54) is 18.6 Å². The number of ether oxygens (including phenoxy) is 3. The van der Waals surface area contributed by atoms with Gasteiger partial charge < -0.3 is 19.9 Å². The van der Waals surface area contributed by atoms with E-state index in [1.807, 2.05) is 6.07 Å². The predicted molar refractivity (Wildman–Crippen MR) is 145 cm³/mol. The molecule has 2 atom stereocenters. The number of benzene rings is 2. The van der Waals surface area contributed by atoms with Crippen LogP contribution in [0.1, 0.15) is 36.5 Å². The van der Waals surface area contributed by atoms with Gasteiger partial charge in [-0.05, 0) is 68.2 Å². The molecular weight excluding hydrogens is 556 g/mol. The maximum atomic E-state index is 15.2. The molecule has 2 aliphatic rings. The fourth-order valence-corrected chi connectivity index (χ4v) is 6.56. The Morgan fingerprint density at radius 1 is 1.03 bits per heavy atom. The Bertz CT molecular complexity index is 1200. The van der Waals surface area contributed by atoms with E-state index in [1.54, 1.807) is 6.07 Å². The quantitative estimate of drug-likeness (QED) is 0.341. The number of sulfonamides is 1. The Kier molecular flexibility index (Phi) is 10.6. The average molecular weight is 591 g/mol. The fourth-order valence-electron chi connectivity index (χ4n) is 4.95. The molecule has 0 radical (unpaired) electrons. The number of halogens is 3. The van der Waals surface area contributed by atoms with Gasteiger partial charge in [-0.15, -0.1) is 0 Å². The van der Waals surface area contributed by atoms with Crippen molar-refractivity contribution in [2.75, 3.05) is 52.6 Å². The Morgan fingerprint density at radius 3 is 2.47 bits per heavy atom. The molecule has 210 valence electrons. The first-order valence-electron chi connectivity index (χ1n) is 12.8. The monoisotopic (exact) mass is 589 g/mol. The molecule has 0 bridgehead atoms. The Hall–Kier alpha value is -1.50. The van der Waals surface area contributed by atoms with Gasteiger partial charge in [0.25, 0.3) is 0 Å².